The zero-order chi connectivity index (χ0) is 15.6. The quantitative estimate of drug-likeness (QED) is 0.910. The maximum atomic E-state index is 11.0. The summed E-state index contributed by atoms with van der Waals surface area (Å²) in [6.45, 7) is 0.772. The molecule has 0 radical (unpaired) electrons. The van der Waals surface area contributed by atoms with Crippen molar-refractivity contribution in [2.45, 2.75) is 6.54 Å². The minimum absolute atomic E-state index is 0.0319. The Labute approximate surface area is 123 Å². The summed E-state index contributed by atoms with van der Waals surface area (Å²) >= 11 is 0. The first-order valence-corrected chi connectivity index (χ1v) is 6.51. The van der Waals surface area contributed by atoms with E-state index in [1.54, 1.807) is 24.9 Å². The number of methoxy groups -OCH3 is 1. The third-order valence-corrected chi connectivity index (χ3v) is 3.10. The van der Waals surface area contributed by atoms with Crippen molar-refractivity contribution < 1.29 is 14.6 Å². The molecule has 0 fully saturated rings. The number of hydrogen-bond donors (Lipinski definition) is 1. The second-order valence-electron chi connectivity index (χ2n) is 5.15. The summed E-state index contributed by atoms with van der Waals surface area (Å²) < 4.78 is 6.90. The van der Waals surface area contributed by atoms with Gasteiger partial charge in [0.15, 0.2) is 5.69 Å². The Morgan fingerprint density at radius 2 is 2.05 bits per heavy atom. The number of benzene rings is 1. The lowest BCUT2D eigenvalue weighted by Crippen LogP contribution is -2.10. The van der Waals surface area contributed by atoms with Gasteiger partial charge in [-0.05, 0) is 43.9 Å². The summed E-state index contributed by atoms with van der Waals surface area (Å²) in [5.41, 5.74) is 2.75. The molecule has 0 spiro atoms. The molecule has 0 unspecified atom stereocenters. The molecule has 1 N–H and O–H groups in total. The van der Waals surface area contributed by atoms with Crippen molar-refractivity contribution >= 4 is 5.97 Å². The van der Waals surface area contributed by atoms with Crippen LogP contribution in [0.2, 0.25) is 0 Å². The molecule has 112 valence electrons. The molecule has 0 saturated heterocycles. The normalized spacial score (nSPS) is 10.9. The number of ether oxygens (including phenoxy) is 1. The van der Waals surface area contributed by atoms with Crippen LogP contribution in [-0.4, -0.2) is 47.0 Å². The van der Waals surface area contributed by atoms with Crippen LogP contribution in [0.25, 0.3) is 11.3 Å². The monoisotopic (exact) mass is 289 g/mol. The Kier molecular flexibility index (Phi) is 4.28. The molecule has 0 aliphatic rings. The smallest absolute Gasteiger partial charge is 0.356 e. The number of carboxylic acid groups (broad SMARTS) is 1. The highest BCUT2D eigenvalue weighted by molar-refractivity contribution is 5.87. The number of carbonyl (C=O) groups is 1. The molecule has 1 heterocycles. The first kappa shape index (κ1) is 15.1. The van der Waals surface area contributed by atoms with Gasteiger partial charge in [-0.3, -0.25) is 4.68 Å². The molecule has 0 aliphatic carbocycles. The van der Waals surface area contributed by atoms with Crippen LogP contribution in [0.3, 0.4) is 0 Å². The van der Waals surface area contributed by atoms with E-state index in [0.29, 0.717) is 0 Å². The van der Waals surface area contributed by atoms with E-state index in [2.05, 4.69) is 10.00 Å². The van der Waals surface area contributed by atoms with E-state index in [0.717, 1.165) is 29.1 Å². The number of carboxylic acids is 1. The van der Waals surface area contributed by atoms with Crippen LogP contribution in [-0.2, 0) is 13.6 Å². The third kappa shape index (κ3) is 3.41. The molecular weight excluding hydrogens is 270 g/mol. The lowest BCUT2D eigenvalue weighted by molar-refractivity contribution is 0.0689. The van der Waals surface area contributed by atoms with Gasteiger partial charge in [0.2, 0.25) is 0 Å². The number of rotatable bonds is 5. The van der Waals surface area contributed by atoms with Crippen molar-refractivity contribution in [2.75, 3.05) is 21.2 Å². The number of aromatic nitrogens is 2. The number of hydrogen-bond acceptors (Lipinski definition) is 4. The molecule has 1 aromatic heterocycles. The molecule has 21 heavy (non-hydrogen) atoms. The summed E-state index contributed by atoms with van der Waals surface area (Å²) in [5, 5.41) is 13.0. The molecule has 0 amide bonds. The molecule has 0 aliphatic heterocycles. The van der Waals surface area contributed by atoms with Gasteiger partial charge in [-0.25, -0.2) is 4.79 Å². The van der Waals surface area contributed by atoms with E-state index in [-0.39, 0.29) is 5.69 Å². The van der Waals surface area contributed by atoms with Gasteiger partial charge in [-0.1, -0.05) is 0 Å². The molecule has 1 aromatic carbocycles. The summed E-state index contributed by atoms with van der Waals surface area (Å²) in [6, 6.07) is 7.43. The van der Waals surface area contributed by atoms with Gasteiger partial charge >= 0.3 is 5.97 Å². The van der Waals surface area contributed by atoms with Crippen LogP contribution in [0.1, 0.15) is 16.1 Å². The van der Waals surface area contributed by atoms with E-state index in [1.165, 1.54) is 0 Å². The highest BCUT2D eigenvalue weighted by atomic mass is 16.5. The van der Waals surface area contributed by atoms with Crippen LogP contribution < -0.4 is 4.74 Å². The fraction of sp³-hybridized carbons (Fsp3) is 0.333. The maximum Gasteiger partial charge on any atom is 0.356 e. The minimum Gasteiger partial charge on any atom is -0.497 e. The standard InChI is InChI=1S/C15H19N3O3/c1-17(2)9-10-5-11(7-12(6-10)21-4)14-8-13(15(19)20)16-18(14)3/h5-8H,9H2,1-4H3,(H,19,20). The van der Waals surface area contributed by atoms with Gasteiger partial charge < -0.3 is 14.7 Å². The SMILES string of the molecule is COc1cc(CN(C)C)cc(-c2cc(C(=O)O)nn2C)c1. The van der Waals surface area contributed by atoms with Crippen molar-refractivity contribution in [2.24, 2.45) is 7.05 Å². The van der Waals surface area contributed by atoms with E-state index in [9.17, 15) is 4.79 Å². The third-order valence-electron chi connectivity index (χ3n) is 3.10. The molecule has 0 bridgehead atoms. The average molecular weight is 289 g/mol. The Morgan fingerprint density at radius 1 is 1.33 bits per heavy atom. The van der Waals surface area contributed by atoms with Gasteiger partial charge in [-0.15, -0.1) is 0 Å². The maximum absolute atomic E-state index is 11.0. The molecule has 2 rings (SSSR count). The molecule has 0 atom stereocenters. The van der Waals surface area contributed by atoms with Crippen molar-refractivity contribution in [3.8, 4) is 17.0 Å². The lowest BCUT2D eigenvalue weighted by Gasteiger charge is -2.13. The Hall–Kier alpha value is -2.34. The van der Waals surface area contributed by atoms with E-state index in [1.807, 2.05) is 32.3 Å². The van der Waals surface area contributed by atoms with Crippen LogP contribution >= 0.6 is 0 Å². The van der Waals surface area contributed by atoms with Gasteiger partial charge in [-0.2, -0.15) is 5.10 Å². The van der Waals surface area contributed by atoms with E-state index in [4.69, 9.17) is 9.84 Å². The Morgan fingerprint density at radius 3 is 2.57 bits per heavy atom. The lowest BCUT2D eigenvalue weighted by atomic mass is 10.1. The molecule has 0 saturated carbocycles. The zero-order valence-electron chi connectivity index (χ0n) is 12.6. The van der Waals surface area contributed by atoms with Crippen LogP contribution in [0.5, 0.6) is 5.75 Å². The van der Waals surface area contributed by atoms with E-state index < -0.39 is 5.97 Å². The first-order chi connectivity index (χ1) is 9.90. The molecule has 2 aromatic rings. The fourth-order valence-corrected chi connectivity index (χ4v) is 2.22. The fourth-order valence-electron chi connectivity index (χ4n) is 2.22. The van der Waals surface area contributed by atoms with Gasteiger partial charge in [0.1, 0.15) is 5.75 Å². The van der Waals surface area contributed by atoms with Crippen LogP contribution in [0.4, 0.5) is 0 Å². The van der Waals surface area contributed by atoms with Crippen molar-refractivity contribution in [1.82, 2.24) is 14.7 Å². The number of aromatic carboxylic acids is 1. The number of nitrogens with zero attached hydrogens (tertiary/aromatic N) is 3. The van der Waals surface area contributed by atoms with Gasteiger partial charge in [0, 0.05) is 19.2 Å². The van der Waals surface area contributed by atoms with Crippen molar-refractivity contribution in [1.29, 1.82) is 0 Å². The highest BCUT2D eigenvalue weighted by Gasteiger charge is 2.14. The second kappa shape index (κ2) is 5.97. The number of aryl methyl sites for hydroxylation is 1. The van der Waals surface area contributed by atoms with Crippen LogP contribution in [0.15, 0.2) is 24.3 Å². The Bertz CT molecular complexity index is 662. The summed E-state index contributed by atoms with van der Waals surface area (Å²) in [6.07, 6.45) is 0. The summed E-state index contributed by atoms with van der Waals surface area (Å²) in [7, 11) is 7.33. The van der Waals surface area contributed by atoms with Crippen molar-refractivity contribution in [3.63, 3.8) is 0 Å². The molecule has 6 heteroatoms. The minimum atomic E-state index is -1.03. The van der Waals surface area contributed by atoms with Crippen molar-refractivity contribution in [3.05, 3.63) is 35.5 Å². The van der Waals surface area contributed by atoms with Crippen LogP contribution in [0, 0.1) is 0 Å². The van der Waals surface area contributed by atoms with Gasteiger partial charge in [0.05, 0.1) is 12.8 Å². The highest BCUT2D eigenvalue weighted by Crippen LogP contribution is 2.27. The zero-order valence-corrected chi connectivity index (χ0v) is 12.6. The summed E-state index contributed by atoms with van der Waals surface area (Å²) in [4.78, 5) is 13.1. The second-order valence-corrected chi connectivity index (χ2v) is 5.15. The average Bonchev–Trinajstić information content (AvgIpc) is 2.80. The van der Waals surface area contributed by atoms with Gasteiger partial charge in [0.25, 0.3) is 0 Å². The topological polar surface area (TPSA) is 67.6 Å². The predicted octanol–water partition coefficient (Wildman–Crippen LogP) is 1.86. The molecule has 6 nitrogen and oxygen atoms in total. The molecular formula is C15H19N3O3. The van der Waals surface area contributed by atoms with E-state index >= 15 is 0 Å². The Balaban J connectivity index is 2.49. The first-order valence-electron chi connectivity index (χ1n) is 6.51. The summed E-state index contributed by atoms with van der Waals surface area (Å²) in [5.74, 6) is -0.296. The predicted molar refractivity (Wildman–Crippen MR) is 79.5 cm³/mol. The largest absolute Gasteiger partial charge is 0.497 e.